The molecule has 0 amide bonds. The van der Waals surface area contributed by atoms with Crippen LogP contribution in [0.5, 0.6) is 0 Å². The molecule has 3 rings (SSSR count). The van der Waals surface area contributed by atoms with Crippen molar-refractivity contribution in [1.82, 2.24) is 9.55 Å². The van der Waals surface area contributed by atoms with Gasteiger partial charge >= 0.3 is 0 Å². The number of benzene rings is 2. The minimum Gasteiger partial charge on any atom is -0.323 e. The van der Waals surface area contributed by atoms with Gasteiger partial charge in [-0.25, -0.2) is 4.98 Å². The number of hydrogen-bond donors (Lipinski definition) is 0. The number of unbranched alkanes of at least 4 members (excludes halogenated alkanes) is 1. The van der Waals surface area contributed by atoms with Crippen molar-refractivity contribution in [3.05, 3.63) is 66.5 Å². The molecule has 2 heteroatoms. The Kier molecular flexibility index (Phi) is 4.02. The van der Waals surface area contributed by atoms with Crippen LogP contribution in [0.15, 0.2) is 60.9 Å². The molecule has 1 heterocycles. The van der Waals surface area contributed by atoms with Gasteiger partial charge in [-0.1, -0.05) is 42.5 Å². The molecule has 2 nitrogen and oxygen atoms in total. The molecule has 3 aromatic rings. The lowest BCUT2D eigenvalue weighted by Gasteiger charge is -2.19. The molecule has 0 saturated carbocycles. The second-order valence-electron chi connectivity index (χ2n) is 5.16. The summed E-state index contributed by atoms with van der Waals surface area (Å²) >= 11 is 0. The van der Waals surface area contributed by atoms with Crippen LogP contribution in [0.1, 0.15) is 30.9 Å². The maximum Gasteiger partial charge on any atom is 0.0964 e. The van der Waals surface area contributed by atoms with E-state index in [1.807, 2.05) is 18.5 Å². The average Bonchev–Trinajstić information content (AvgIpc) is 2.96. The molecule has 0 spiro atoms. The van der Waals surface area contributed by atoms with Crippen molar-refractivity contribution < 1.29 is 0 Å². The van der Waals surface area contributed by atoms with Crippen molar-refractivity contribution in [2.75, 3.05) is 0 Å². The first-order chi connectivity index (χ1) is 10.4. The van der Waals surface area contributed by atoms with Gasteiger partial charge in [0, 0.05) is 6.42 Å². The number of terminal acetylenes is 1. The van der Waals surface area contributed by atoms with Gasteiger partial charge in [-0.2, -0.15) is 0 Å². The van der Waals surface area contributed by atoms with E-state index in [0.717, 1.165) is 24.8 Å². The second kappa shape index (κ2) is 6.28. The van der Waals surface area contributed by atoms with Crippen LogP contribution in [-0.2, 0) is 0 Å². The third-order valence-corrected chi connectivity index (χ3v) is 3.80. The molecular formula is C19H18N2. The summed E-state index contributed by atoms with van der Waals surface area (Å²) in [6.07, 6.45) is 10.2. The Bertz CT molecular complexity index is 750. The van der Waals surface area contributed by atoms with Crippen LogP contribution in [0.4, 0.5) is 0 Å². The van der Waals surface area contributed by atoms with Crippen LogP contribution >= 0.6 is 0 Å². The standard InChI is InChI=1S/C19H18N2/c1-2-3-5-13-18(16-10-6-4-7-11-16)21-15-20-17-12-8-9-14-19(17)21/h1,4,6-12,14-15,18H,3,5,13H2. The van der Waals surface area contributed by atoms with Crippen LogP contribution in [0.3, 0.4) is 0 Å². The molecule has 0 radical (unpaired) electrons. The Labute approximate surface area is 125 Å². The summed E-state index contributed by atoms with van der Waals surface area (Å²) in [4.78, 5) is 4.52. The van der Waals surface area contributed by atoms with Gasteiger partial charge in [0.2, 0.25) is 0 Å². The van der Waals surface area contributed by atoms with E-state index in [4.69, 9.17) is 6.42 Å². The van der Waals surface area contributed by atoms with Gasteiger partial charge in [0.05, 0.1) is 23.4 Å². The maximum atomic E-state index is 5.39. The third kappa shape index (κ3) is 2.83. The molecule has 0 fully saturated rings. The molecule has 0 saturated heterocycles. The fraction of sp³-hybridized carbons (Fsp3) is 0.211. The van der Waals surface area contributed by atoms with Crippen molar-refractivity contribution >= 4 is 11.0 Å². The molecule has 0 N–H and O–H groups in total. The molecular weight excluding hydrogens is 256 g/mol. The summed E-state index contributed by atoms with van der Waals surface area (Å²) < 4.78 is 2.27. The lowest BCUT2D eigenvalue weighted by atomic mass is 10.0. The average molecular weight is 274 g/mol. The number of rotatable bonds is 5. The summed E-state index contributed by atoms with van der Waals surface area (Å²) in [7, 11) is 0. The van der Waals surface area contributed by atoms with E-state index in [-0.39, 0.29) is 6.04 Å². The van der Waals surface area contributed by atoms with Crippen molar-refractivity contribution in [3.63, 3.8) is 0 Å². The molecule has 1 atom stereocenters. The number of aromatic nitrogens is 2. The van der Waals surface area contributed by atoms with E-state index in [1.165, 1.54) is 11.1 Å². The van der Waals surface area contributed by atoms with E-state index in [9.17, 15) is 0 Å². The first-order valence-electron chi connectivity index (χ1n) is 7.30. The quantitative estimate of drug-likeness (QED) is 0.497. The Morgan fingerprint density at radius 3 is 2.62 bits per heavy atom. The van der Waals surface area contributed by atoms with E-state index >= 15 is 0 Å². The molecule has 0 aliphatic rings. The minimum absolute atomic E-state index is 0.284. The fourth-order valence-electron chi connectivity index (χ4n) is 2.77. The molecule has 104 valence electrons. The number of para-hydroxylation sites is 2. The second-order valence-corrected chi connectivity index (χ2v) is 5.16. The lowest BCUT2D eigenvalue weighted by Crippen LogP contribution is -2.09. The molecule has 1 unspecified atom stereocenters. The molecule has 0 aliphatic carbocycles. The highest BCUT2D eigenvalue weighted by molar-refractivity contribution is 5.75. The zero-order valence-electron chi connectivity index (χ0n) is 11.9. The Balaban J connectivity index is 2.00. The fourth-order valence-corrected chi connectivity index (χ4v) is 2.77. The van der Waals surface area contributed by atoms with E-state index < -0.39 is 0 Å². The number of hydrogen-bond acceptors (Lipinski definition) is 1. The molecule has 0 aliphatic heterocycles. The highest BCUT2D eigenvalue weighted by atomic mass is 15.1. The van der Waals surface area contributed by atoms with E-state index in [0.29, 0.717) is 0 Å². The van der Waals surface area contributed by atoms with Crippen molar-refractivity contribution in [2.45, 2.75) is 25.3 Å². The van der Waals surface area contributed by atoms with Crippen molar-refractivity contribution in [3.8, 4) is 12.3 Å². The summed E-state index contributed by atoms with van der Waals surface area (Å²) in [6.45, 7) is 0. The molecule has 1 aromatic heterocycles. The largest absolute Gasteiger partial charge is 0.323 e. The maximum absolute atomic E-state index is 5.39. The predicted molar refractivity (Wildman–Crippen MR) is 87.0 cm³/mol. The first kappa shape index (κ1) is 13.5. The van der Waals surface area contributed by atoms with Gasteiger partial charge in [0.1, 0.15) is 0 Å². The topological polar surface area (TPSA) is 17.8 Å². The van der Waals surface area contributed by atoms with Crippen LogP contribution in [-0.4, -0.2) is 9.55 Å². The predicted octanol–water partition coefficient (Wildman–Crippen LogP) is 4.43. The number of nitrogens with zero attached hydrogens (tertiary/aromatic N) is 2. The summed E-state index contributed by atoms with van der Waals surface area (Å²) in [5.74, 6) is 2.73. The van der Waals surface area contributed by atoms with Crippen LogP contribution in [0.2, 0.25) is 0 Å². The van der Waals surface area contributed by atoms with Crippen LogP contribution < -0.4 is 0 Å². The Morgan fingerprint density at radius 2 is 1.81 bits per heavy atom. The molecule has 0 bridgehead atoms. The summed E-state index contributed by atoms with van der Waals surface area (Å²) in [6, 6.07) is 19.1. The highest BCUT2D eigenvalue weighted by Crippen LogP contribution is 2.27. The molecule has 21 heavy (non-hydrogen) atoms. The van der Waals surface area contributed by atoms with Gasteiger partial charge in [-0.3, -0.25) is 0 Å². The lowest BCUT2D eigenvalue weighted by molar-refractivity contribution is 0.535. The van der Waals surface area contributed by atoms with Crippen molar-refractivity contribution in [1.29, 1.82) is 0 Å². The van der Waals surface area contributed by atoms with Gasteiger partial charge in [-0.05, 0) is 30.5 Å². The SMILES string of the molecule is C#CCCCC(c1ccccc1)n1cnc2ccccc21. The van der Waals surface area contributed by atoms with E-state index in [2.05, 4.69) is 57.9 Å². The number of imidazole rings is 1. The number of fused-ring (bicyclic) bond motifs is 1. The van der Waals surface area contributed by atoms with Gasteiger partial charge in [0.15, 0.2) is 0 Å². The molecule has 2 aromatic carbocycles. The van der Waals surface area contributed by atoms with Crippen LogP contribution in [0.25, 0.3) is 11.0 Å². The summed E-state index contributed by atoms with van der Waals surface area (Å²) in [5, 5.41) is 0. The zero-order valence-corrected chi connectivity index (χ0v) is 11.9. The summed E-state index contributed by atoms with van der Waals surface area (Å²) in [5.41, 5.74) is 3.51. The highest BCUT2D eigenvalue weighted by Gasteiger charge is 2.15. The third-order valence-electron chi connectivity index (χ3n) is 3.80. The minimum atomic E-state index is 0.284. The zero-order chi connectivity index (χ0) is 14.5. The van der Waals surface area contributed by atoms with Gasteiger partial charge < -0.3 is 4.57 Å². The first-order valence-corrected chi connectivity index (χ1v) is 7.30. The van der Waals surface area contributed by atoms with E-state index in [1.54, 1.807) is 0 Å². The Morgan fingerprint density at radius 1 is 1.05 bits per heavy atom. The smallest absolute Gasteiger partial charge is 0.0964 e. The van der Waals surface area contributed by atoms with Crippen LogP contribution in [0, 0.1) is 12.3 Å². The normalized spacial score (nSPS) is 12.1. The monoisotopic (exact) mass is 274 g/mol. The van der Waals surface area contributed by atoms with Crippen molar-refractivity contribution in [2.24, 2.45) is 0 Å². The van der Waals surface area contributed by atoms with Gasteiger partial charge in [0.25, 0.3) is 0 Å². The Hall–Kier alpha value is -2.53. The van der Waals surface area contributed by atoms with Gasteiger partial charge in [-0.15, -0.1) is 12.3 Å².